The van der Waals surface area contributed by atoms with Gasteiger partial charge >= 0.3 is 0 Å². The van der Waals surface area contributed by atoms with Crippen molar-refractivity contribution >= 4 is 0 Å². The van der Waals surface area contributed by atoms with Crippen molar-refractivity contribution in [3.8, 4) is 0 Å². The second-order valence-corrected chi connectivity index (χ2v) is 7.43. The molecule has 5 fully saturated rings. The Bertz CT molecular complexity index is 273. The van der Waals surface area contributed by atoms with E-state index in [9.17, 15) is 0 Å². The highest BCUT2D eigenvalue weighted by Gasteiger charge is 2.54. The summed E-state index contributed by atoms with van der Waals surface area (Å²) in [5.41, 5.74) is 7.22. The Morgan fingerprint density at radius 3 is 2.06 bits per heavy atom. The smallest absolute Gasteiger partial charge is 0.0510 e. The lowest BCUT2D eigenvalue weighted by Crippen LogP contribution is -2.57. The maximum Gasteiger partial charge on any atom is 0.0510 e. The Kier molecular flexibility index (Phi) is 2.36. The van der Waals surface area contributed by atoms with Gasteiger partial charge in [0.05, 0.1) is 6.61 Å². The fourth-order valence-electron chi connectivity index (χ4n) is 5.92. The molecule has 2 heteroatoms. The summed E-state index contributed by atoms with van der Waals surface area (Å²) in [6.45, 7) is 1.88. The first-order chi connectivity index (χ1) is 8.25. The molecular weight excluding hydrogens is 210 g/mol. The van der Waals surface area contributed by atoms with Crippen molar-refractivity contribution in [3.05, 3.63) is 0 Å². The van der Waals surface area contributed by atoms with E-state index in [1.54, 1.807) is 0 Å². The normalized spacial score (nSPS) is 54.2. The number of rotatable bonds is 2. The van der Waals surface area contributed by atoms with Crippen LogP contribution in [0.4, 0.5) is 0 Å². The summed E-state index contributed by atoms with van der Waals surface area (Å²) in [6.07, 6.45) is 10.1. The van der Waals surface area contributed by atoms with Crippen LogP contribution in [0.2, 0.25) is 0 Å². The first-order valence-electron chi connectivity index (χ1n) is 7.58. The maximum atomic E-state index is 6.70. The Hall–Kier alpha value is -0.0800. The molecule has 1 saturated heterocycles. The molecule has 1 heterocycles. The quantitative estimate of drug-likeness (QED) is 0.798. The van der Waals surface area contributed by atoms with E-state index in [-0.39, 0.29) is 0 Å². The van der Waals surface area contributed by atoms with Crippen molar-refractivity contribution in [1.82, 2.24) is 0 Å². The van der Waals surface area contributed by atoms with E-state index in [1.807, 2.05) is 0 Å². The van der Waals surface area contributed by atoms with Crippen LogP contribution in [0.5, 0.6) is 0 Å². The minimum Gasteiger partial charge on any atom is -0.381 e. The van der Waals surface area contributed by atoms with Gasteiger partial charge in [-0.1, -0.05) is 0 Å². The summed E-state index contributed by atoms with van der Waals surface area (Å²) >= 11 is 0. The molecule has 96 valence electrons. The first-order valence-corrected chi connectivity index (χ1v) is 7.58. The molecule has 2 unspecified atom stereocenters. The predicted octanol–water partition coefficient (Wildman–Crippen LogP) is 2.57. The number of hydrogen-bond acceptors (Lipinski definition) is 2. The number of hydrogen-bond donors (Lipinski definition) is 1. The first kappa shape index (κ1) is 10.8. The molecule has 5 aliphatic rings. The molecule has 4 bridgehead atoms. The zero-order valence-corrected chi connectivity index (χ0v) is 10.7. The van der Waals surface area contributed by atoms with Gasteiger partial charge in [0.25, 0.3) is 0 Å². The molecule has 2 atom stereocenters. The third-order valence-corrected chi connectivity index (χ3v) is 6.27. The summed E-state index contributed by atoms with van der Waals surface area (Å²) in [7, 11) is 0. The Labute approximate surface area is 104 Å². The molecule has 4 saturated carbocycles. The molecule has 4 aliphatic carbocycles. The van der Waals surface area contributed by atoms with Crippen molar-refractivity contribution in [2.24, 2.45) is 34.8 Å². The summed E-state index contributed by atoms with van der Waals surface area (Å²) in [6, 6.07) is 0.429. The molecule has 2 N–H and O–H groups in total. The monoisotopic (exact) mass is 235 g/mol. The fraction of sp³-hybridized carbons (Fsp3) is 1.00. The summed E-state index contributed by atoms with van der Waals surface area (Å²) in [5, 5.41) is 0. The van der Waals surface area contributed by atoms with Gasteiger partial charge in [-0.25, -0.2) is 0 Å². The highest BCUT2D eigenvalue weighted by atomic mass is 16.5. The van der Waals surface area contributed by atoms with Gasteiger partial charge in [0.15, 0.2) is 0 Å². The summed E-state index contributed by atoms with van der Waals surface area (Å²) in [5.74, 6) is 3.73. The van der Waals surface area contributed by atoms with Gasteiger partial charge in [0.2, 0.25) is 0 Å². The fourth-order valence-corrected chi connectivity index (χ4v) is 5.92. The molecule has 0 aromatic heterocycles. The van der Waals surface area contributed by atoms with Gasteiger partial charge in [-0.3, -0.25) is 0 Å². The standard InChI is InChI=1S/C15H25NO/c16-14(13-1-2-17-9-13)15-6-10-3-11(7-15)5-12(4-10)8-15/h10-14H,1-9,16H2. The van der Waals surface area contributed by atoms with Crippen LogP contribution >= 0.6 is 0 Å². The van der Waals surface area contributed by atoms with E-state index >= 15 is 0 Å². The number of ether oxygens (including phenoxy) is 1. The maximum absolute atomic E-state index is 6.70. The SMILES string of the molecule is NC(C1CCOC1)C12CC3CC(CC(C3)C1)C2. The summed E-state index contributed by atoms with van der Waals surface area (Å²) in [4.78, 5) is 0. The Morgan fingerprint density at radius 2 is 1.59 bits per heavy atom. The van der Waals surface area contributed by atoms with E-state index in [0.29, 0.717) is 17.4 Å². The van der Waals surface area contributed by atoms with Gasteiger partial charge in [-0.15, -0.1) is 0 Å². The highest BCUT2D eigenvalue weighted by molar-refractivity contribution is 5.07. The molecule has 2 nitrogen and oxygen atoms in total. The van der Waals surface area contributed by atoms with E-state index in [4.69, 9.17) is 10.5 Å². The molecule has 0 amide bonds. The second kappa shape index (κ2) is 3.71. The van der Waals surface area contributed by atoms with E-state index in [1.165, 1.54) is 44.9 Å². The van der Waals surface area contributed by atoms with Gasteiger partial charge in [-0.05, 0) is 68.1 Å². The van der Waals surface area contributed by atoms with Crippen LogP contribution in [-0.4, -0.2) is 19.3 Å². The van der Waals surface area contributed by atoms with E-state index < -0.39 is 0 Å². The van der Waals surface area contributed by atoms with Crippen LogP contribution in [0, 0.1) is 29.1 Å². The average molecular weight is 235 g/mol. The predicted molar refractivity (Wildman–Crippen MR) is 67.5 cm³/mol. The lowest BCUT2D eigenvalue weighted by molar-refractivity contribution is -0.0771. The minimum atomic E-state index is 0.429. The molecule has 0 spiro atoms. The average Bonchev–Trinajstić information content (AvgIpc) is 2.79. The number of nitrogens with two attached hydrogens (primary N) is 1. The Morgan fingerprint density at radius 1 is 1.00 bits per heavy atom. The molecule has 17 heavy (non-hydrogen) atoms. The van der Waals surface area contributed by atoms with Crippen LogP contribution in [0.1, 0.15) is 44.9 Å². The van der Waals surface area contributed by atoms with Gasteiger partial charge in [0.1, 0.15) is 0 Å². The third kappa shape index (κ3) is 1.60. The molecule has 0 aromatic carbocycles. The highest BCUT2D eigenvalue weighted by Crippen LogP contribution is 2.61. The van der Waals surface area contributed by atoms with E-state index in [0.717, 1.165) is 31.0 Å². The van der Waals surface area contributed by atoms with Crippen molar-refractivity contribution in [2.75, 3.05) is 13.2 Å². The molecular formula is C15H25NO. The molecule has 1 aliphatic heterocycles. The van der Waals surface area contributed by atoms with Crippen molar-refractivity contribution < 1.29 is 4.74 Å². The van der Waals surface area contributed by atoms with Crippen LogP contribution in [0.25, 0.3) is 0 Å². The second-order valence-electron chi connectivity index (χ2n) is 7.43. The van der Waals surface area contributed by atoms with Gasteiger partial charge < -0.3 is 10.5 Å². The lowest BCUT2D eigenvalue weighted by Gasteiger charge is -2.59. The molecule has 5 rings (SSSR count). The van der Waals surface area contributed by atoms with Crippen molar-refractivity contribution in [1.29, 1.82) is 0 Å². The van der Waals surface area contributed by atoms with Crippen LogP contribution in [0.15, 0.2) is 0 Å². The van der Waals surface area contributed by atoms with Gasteiger partial charge in [0, 0.05) is 18.6 Å². The lowest BCUT2D eigenvalue weighted by atomic mass is 9.47. The molecule has 0 radical (unpaired) electrons. The third-order valence-electron chi connectivity index (χ3n) is 6.27. The summed E-state index contributed by atoms with van der Waals surface area (Å²) < 4.78 is 5.56. The van der Waals surface area contributed by atoms with Crippen molar-refractivity contribution in [3.63, 3.8) is 0 Å². The zero-order valence-electron chi connectivity index (χ0n) is 10.7. The Balaban J connectivity index is 1.59. The van der Waals surface area contributed by atoms with Crippen LogP contribution in [-0.2, 0) is 4.74 Å². The minimum absolute atomic E-state index is 0.429. The van der Waals surface area contributed by atoms with Crippen LogP contribution in [0.3, 0.4) is 0 Å². The zero-order chi connectivity index (χ0) is 11.5. The topological polar surface area (TPSA) is 35.2 Å². The van der Waals surface area contributed by atoms with Crippen molar-refractivity contribution in [2.45, 2.75) is 51.0 Å². The van der Waals surface area contributed by atoms with Gasteiger partial charge in [-0.2, -0.15) is 0 Å². The molecule has 0 aromatic rings. The van der Waals surface area contributed by atoms with E-state index in [2.05, 4.69) is 0 Å². The van der Waals surface area contributed by atoms with Crippen LogP contribution < -0.4 is 5.73 Å². The largest absolute Gasteiger partial charge is 0.381 e.